The SMILES string of the molecule is COC(=O)C(N)CCSCC(=O)Nc1ccc(Cl)cc1. The van der Waals surface area contributed by atoms with Gasteiger partial charge in [-0.25, -0.2) is 0 Å². The molecule has 1 unspecified atom stereocenters. The summed E-state index contributed by atoms with van der Waals surface area (Å²) in [7, 11) is 1.30. The Morgan fingerprint density at radius 2 is 2.05 bits per heavy atom. The van der Waals surface area contributed by atoms with E-state index in [1.807, 2.05) is 0 Å². The zero-order valence-electron chi connectivity index (χ0n) is 11.1. The molecular weight excluding hydrogens is 300 g/mol. The van der Waals surface area contributed by atoms with E-state index in [-0.39, 0.29) is 5.91 Å². The Labute approximate surface area is 127 Å². The molecule has 0 aliphatic heterocycles. The van der Waals surface area contributed by atoms with Crippen molar-refractivity contribution in [3.63, 3.8) is 0 Å². The van der Waals surface area contributed by atoms with Gasteiger partial charge in [-0.1, -0.05) is 11.6 Å². The average molecular weight is 317 g/mol. The van der Waals surface area contributed by atoms with Crippen molar-refractivity contribution in [1.29, 1.82) is 0 Å². The fourth-order valence-electron chi connectivity index (χ4n) is 1.37. The number of anilines is 1. The van der Waals surface area contributed by atoms with Crippen LogP contribution in [0.3, 0.4) is 0 Å². The Hall–Kier alpha value is -1.24. The molecule has 0 fully saturated rings. The van der Waals surface area contributed by atoms with E-state index in [9.17, 15) is 9.59 Å². The molecule has 0 aliphatic rings. The number of nitrogens with two attached hydrogens (primary N) is 1. The van der Waals surface area contributed by atoms with Crippen molar-refractivity contribution in [2.24, 2.45) is 5.73 Å². The Kier molecular flexibility index (Phi) is 7.43. The molecule has 0 heterocycles. The Morgan fingerprint density at radius 1 is 1.40 bits per heavy atom. The first-order chi connectivity index (χ1) is 9.52. The number of esters is 1. The molecular formula is C13H17ClN2O3S. The summed E-state index contributed by atoms with van der Waals surface area (Å²) < 4.78 is 4.52. The number of hydrogen-bond donors (Lipinski definition) is 2. The zero-order valence-corrected chi connectivity index (χ0v) is 12.7. The molecule has 3 N–H and O–H groups in total. The van der Waals surface area contributed by atoms with E-state index in [2.05, 4.69) is 10.1 Å². The van der Waals surface area contributed by atoms with Crippen molar-refractivity contribution in [3.8, 4) is 0 Å². The molecule has 1 rings (SSSR count). The van der Waals surface area contributed by atoms with Crippen molar-refractivity contribution >= 4 is 40.9 Å². The summed E-state index contributed by atoms with van der Waals surface area (Å²) in [5, 5.41) is 3.37. The highest BCUT2D eigenvalue weighted by molar-refractivity contribution is 7.99. The number of thioether (sulfide) groups is 1. The van der Waals surface area contributed by atoms with Crippen LogP contribution in [0.25, 0.3) is 0 Å². The van der Waals surface area contributed by atoms with E-state index >= 15 is 0 Å². The lowest BCUT2D eigenvalue weighted by Crippen LogP contribution is -2.32. The van der Waals surface area contributed by atoms with E-state index in [4.69, 9.17) is 17.3 Å². The van der Waals surface area contributed by atoms with Crippen molar-refractivity contribution in [1.82, 2.24) is 0 Å². The van der Waals surface area contributed by atoms with Gasteiger partial charge in [0.2, 0.25) is 5.91 Å². The van der Waals surface area contributed by atoms with E-state index in [0.717, 1.165) is 0 Å². The normalized spacial score (nSPS) is 11.8. The minimum Gasteiger partial charge on any atom is -0.468 e. The molecule has 1 amide bonds. The lowest BCUT2D eigenvalue weighted by Gasteiger charge is -2.08. The van der Waals surface area contributed by atoms with Crippen LogP contribution in [0, 0.1) is 0 Å². The van der Waals surface area contributed by atoms with Crippen LogP contribution in [0.1, 0.15) is 6.42 Å². The van der Waals surface area contributed by atoms with Crippen LogP contribution < -0.4 is 11.1 Å². The smallest absolute Gasteiger partial charge is 0.322 e. The minimum absolute atomic E-state index is 0.107. The van der Waals surface area contributed by atoms with E-state index in [1.54, 1.807) is 24.3 Å². The molecule has 1 aromatic rings. The largest absolute Gasteiger partial charge is 0.468 e. The maximum absolute atomic E-state index is 11.6. The number of rotatable bonds is 7. The first-order valence-corrected chi connectivity index (χ1v) is 7.52. The summed E-state index contributed by atoms with van der Waals surface area (Å²) in [5.41, 5.74) is 6.28. The summed E-state index contributed by atoms with van der Waals surface area (Å²) in [5.74, 6) is 0.376. The average Bonchev–Trinajstić information content (AvgIpc) is 2.45. The molecule has 1 atom stereocenters. The van der Waals surface area contributed by atoms with Crippen molar-refractivity contribution in [3.05, 3.63) is 29.3 Å². The third kappa shape index (κ3) is 6.27. The first kappa shape index (κ1) is 16.8. The summed E-state index contributed by atoms with van der Waals surface area (Å²) >= 11 is 7.17. The second-order valence-electron chi connectivity index (χ2n) is 4.03. The highest BCUT2D eigenvalue weighted by Crippen LogP contribution is 2.14. The Bertz CT molecular complexity index is 453. The van der Waals surface area contributed by atoms with Crippen molar-refractivity contribution in [2.75, 3.05) is 23.9 Å². The second kappa shape index (κ2) is 8.84. The molecule has 0 saturated heterocycles. The number of halogens is 1. The zero-order chi connectivity index (χ0) is 15.0. The minimum atomic E-state index is -0.633. The number of carbonyl (C=O) groups is 2. The third-order valence-corrected chi connectivity index (χ3v) is 3.68. The van der Waals surface area contributed by atoms with Gasteiger partial charge >= 0.3 is 5.97 Å². The number of carbonyl (C=O) groups excluding carboxylic acids is 2. The molecule has 0 radical (unpaired) electrons. The van der Waals surface area contributed by atoms with E-state index < -0.39 is 12.0 Å². The van der Waals surface area contributed by atoms with Crippen LogP contribution in [-0.4, -0.2) is 36.5 Å². The van der Waals surface area contributed by atoms with Crippen LogP contribution >= 0.6 is 23.4 Å². The molecule has 110 valence electrons. The molecule has 0 spiro atoms. The molecule has 1 aromatic carbocycles. The first-order valence-electron chi connectivity index (χ1n) is 5.99. The molecule has 5 nitrogen and oxygen atoms in total. The quantitative estimate of drug-likeness (QED) is 0.593. The molecule has 0 aromatic heterocycles. The van der Waals surface area contributed by atoms with Crippen LogP contribution in [0.2, 0.25) is 5.02 Å². The highest BCUT2D eigenvalue weighted by Gasteiger charge is 2.13. The van der Waals surface area contributed by atoms with E-state index in [0.29, 0.717) is 28.6 Å². The molecule has 0 bridgehead atoms. The van der Waals surface area contributed by atoms with Gasteiger partial charge in [-0.2, -0.15) is 11.8 Å². The van der Waals surface area contributed by atoms with Gasteiger partial charge in [0, 0.05) is 10.7 Å². The predicted octanol–water partition coefficient (Wildman–Crippen LogP) is 1.90. The standard InChI is InChI=1S/C13H17ClN2O3S/c1-19-13(18)11(15)6-7-20-8-12(17)16-10-4-2-9(14)3-5-10/h2-5,11H,6-8,15H2,1H3,(H,16,17). The van der Waals surface area contributed by atoms with Crippen molar-refractivity contribution < 1.29 is 14.3 Å². The number of ether oxygens (including phenoxy) is 1. The van der Waals surface area contributed by atoms with Crippen LogP contribution in [0.5, 0.6) is 0 Å². The predicted molar refractivity (Wildman–Crippen MR) is 82.0 cm³/mol. The topological polar surface area (TPSA) is 81.4 Å². The number of benzene rings is 1. The lowest BCUT2D eigenvalue weighted by atomic mass is 10.2. The van der Waals surface area contributed by atoms with Gasteiger partial charge in [0.25, 0.3) is 0 Å². The fourth-order valence-corrected chi connectivity index (χ4v) is 2.32. The summed E-state index contributed by atoms with van der Waals surface area (Å²) in [6.45, 7) is 0. The summed E-state index contributed by atoms with van der Waals surface area (Å²) in [6.07, 6.45) is 0.478. The van der Waals surface area contributed by atoms with Crippen LogP contribution in [0.15, 0.2) is 24.3 Å². The number of hydrogen-bond acceptors (Lipinski definition) is 5. The lowest BCUT2D eigenvalue weighted by molar-refractivity contribution is -0.142. The van der Waals surface area contributed by atoms with E-state index in [1.165, 1.54) is 18.9 Å². The fraction of sp³-hybridized carbons (Fsp3) is 0.385. The summed E-state index contributed by atoms with van der Waals surface area (Å²) in [6, 6.07) is 6.25. The second-order valence-corrected chi connectivity index (χ2v) is 5.57. The van der Waals surface area contributed by atoms with Gasteiger partial charge in [0.05, 0.1) is 12.9 Å². The third-order valence-electron chi connectivity index (χ3n) is 2.44. The molecule has 20 heavy (non-hydrogen) atoms. The van der Waals surface area contributed by atoms with Gasteiger partial charge in [0.1, 0.15) is 6.04 Å². The van der Waals surface area contributed by atoms with Gasteiger partial charge in [0.15, 0.2) is 0 Å². The maximum atomic E-state index is 11.6. The van der Waals surface area contributed by atoms with Gasteiger partial charge in [-0.3, -0.25) is 9.59 Å². The summed E-state index contributed by atoms with van der Waals surface area (Å²) in [4.78, 5) is 22.7. The maximum Gasteiger partial charge on any atom is 0.322 e. The number of methoxy groups -OCH3 is 1. The van der Waals surface area contributed by atoms with Gasteiger partial charge < -0.3 is 15.8 Å². The Balaban J connectivity index is 2.20. The van der Waals surface area contributed by atoms with Crippen molar-refractivity contribution in [2.45, 2.75) is 12.5 Å². The number of amides is 1. The number of nitrogens with one attached hydrogen (secondary N) is 1. The highest BCUT2D eigenvalue weighted by atomic mass is 35.5. The monoisotopic (exact) mass is 316 g/mol. The van der Waals surface area contributed by atoms with Gasteiger partial charge in [-0.05, 0) is 36.4 Å². The van der Waals surface area contributed by atoms with Gasteiger partial charge in [-0.15, -0.1) is 0 Å². The van der Waals surface area contributed by atoms with Crippen LogP contribution in [-0.2, 0) is 14.3 Å². The molecule has 0 saturated carbocycles. The molecule has 0 aliphatic carbocycles. The van der Waals surface area contributed by atoms with Crippen LogP contribution in [0.4, 0.5) is 5.69 Å². The molecule has 7 heteroatoms. The Morgan fingerprint density at radius 3 is 2.65 bits per heavy atom.